The maximum Gasteiger partial charge on any atom is 0.337 e. The van der Waals surface area contributed by atoms with Gasteiger partial charge in [0.2, 0.25) is 11.8 Å². The summed E-state index contributed by atoms with van der Waals surface area (Å²) in [6.45, 7) is 4.57. The van der Waals surface area contributed by atoms with Crippen LogP contribution in [0.25, 0.3) is 0 Å². The second-order valence-corrected chi connectivity index (χ2v) is 8.50. The third-order valence-electron chi connectivity index (χ3n) is 6.41. The van der Waals surface area contributed by atoms with Crippen LogP contribution in [-0.2, 0) is 17.6 Å². The molecule has 2 aliphatic heterocycles. The summed E-state index contributed by atoms with van der Waals surface area (Å²) in [5.41, 5.74) is 3.85. The third kappa shape index (κ3) is 4.50. The number of carbonyl (C=O) groups excluding carboxylic acids is 1. The van der Waals surface area contributed by atoms with Crippen LogP contribution in [0, 0.1) is 0 Å². The number of aryl methyl sites for hydroxylation is 1. The van der Waals surface area contributed by atoms with Crippen molar-refractivity contribution in [3.8, 4) is 5.88 Å². The van der Waals surface area contributed by atoms with E-state index in [1.807, 2.05) is 30.6 Å². The Morgan fingerprint density at radius 3 is 2.59 bits per heavy atom. The van der Waals surface area contributed by atoms with E-state index in [-0.39, 0.29) is 12.1 Å². The van der Waals surface area contributed by atoms with Crippen LogP contribution < -0.4 is 14.5 Å². The molecule has 0 saturated carbocycles. The Bertz CT molecular complexity index is 1160. The molecular weight excluding hydrogens is 432 g/mol. The number of hydrogen-bond donors (Lipinski definition) is 0. The number of carbonyl (C=O) groups is 1. The highest BCUT2D eigenvalue weighted by atomic mass is 16.5. The van der Waals surface area contributed by atoms with Crippen LogP contribution in [0.1, 0.15) is 41.3 Å². The molecule has 0 amide bonds. The first kappa shape index (κ1) is 22.1. The van der Waals surface area contributed by atoms with Crippen LogP contribution >= 0.6 is 0 Å². The molecule has 1 saturated heterocycles. The molecule has 34 heavy (non-hydrogen) atoms. The molecule has 0 N–H and O–H groups in total. The predicted molar refractivity (Wildman–Crippen MR) is 128 cm³/mol. The van der Waals surface area contributed by atoms with Crippen LogP contribution in [0.5, 0.6) is 5.88 Å². The van der Waals surface area contributed by atoms with Gasteiger partial charge in [0.05, 0.1) is 12.7 Å². The number of fused-ring (bicyclic) bond motifs is 1. The highest BCUT2D eigenvalue weighted by molar-refractivity contribution is 5.90. The third-order valence-corrected chi connectivity index (χ3v) is 6.41. The minimum Gasteiger partial charge on any atom is -0.474 e. The summed E-state index contributed by atoms with van der Waals surface area (Å²) in [5, 5.41) is 0. The van der Waals surface area contributed by atoms with Gasteiger partial charge in [0, 0.05) is 56.6 Å². The molecular formula is C25H28N6O3. The number of methoxy groups -OCH3 is 1. The first-order valence-electron chi connectivity index (χ1n) is 11.7. The molecule has 2 aromatic heterocycles. The number of piperidine rings is 1. The number of anilines is 3. The first-order chi connectivity index (χ1) is 16.6. The highest BCUT2D eigenvalue weighted by Gasteiger charge is 2.25. The molecule has 3 aromatic rings. The largest absolute Gasteiger partial charge is 0.474 e. The summed E-state index contributed by atoms with van der Waals surface area (Å²) in [7, 11) is 1.39. The normalized spacial score (nSPS) is 15.8. The molecule has 0 unspecified atom stereocenters. The van der Waals surface area contributed by atoms with Crippen molar-refractivity contribution >= 4 is 23.4 Å². The van der Waals surface area contributed by atoms with E-state index in [1.54, 1.807) is 12.4 Å². The lowest BCUT2D eigenvalue weighted by Crippen LogP contribution is -2.39. The van der Waals surface area contributed by atoms with Gasteiger partial charge in [-0.2, -0.15) is 0 Å². The standard InChI is InChI=1S/C25H28N6O3/c1-3-17-14-26-25(27-15-17)30-9-7-20(8-10-30)34-23-13-22(28-16-29-23)31-11-6-18-12-19(24(32)33-2)4-5-21(18)31/h4-5,12-16,20H,3,6-11H2,1-2H3. The molecule has 0 spiro atoms. The van der Waals surface area contributed by atoms with Gasteiger partial charge in [-0.15, -0.1) is 0 Å². The van der Waals surface area contributed by atoms with Gasteiger partial charge in [-0.25, -0.2) is 24.7 Å². The van der Waals surface area contributed by atoms with E-state index in [1.165, 1.54) is 7.11 Å². The molecule has 0 bridgehead atoms. The average Bonchev–Trinajstić information content (AvgIpc) is 3.32. The molecule has 0 atom stereocenters. The summed E-state index contributed by atoms with van der Waals surface area (Å²) >= 11 is 0. The zero-order valence-corrected chi connectivity index (χ0v) is 19.5. The molecule has 9 nitrogen and oxygen atoms in total. The number of rotatable bonds is 6. The second-order valence-electron chi connectivity index (χ2n) is 8.50. The van der Waals surface area contributed by atoms with Gasteiger partial charge < -0.3 is 19.3 Å². The molecule has 176 valence electrons. The van der Waals surface area contributed by atoms with E-state index in [4.69, 9.17) is 9.47 Å². The predicted octanol–water partition coefficient (Wildman–Crippen LogP) is 3.36. The molecule has 0 aliphatic carbocycles. The van der Waals surface area contributed by atoms with Crippen molar-refractivity contribution in [3.05, 3.63) is 59.7 Å². The van der Waals surface area contributed by atoms with Crippen molar-refractivity contribution < 1.29 is 14.3 Å². The molecule has 5 rings (SSSR count). The Labute approximate surface area is 198 Å². The van der Waals surface area contributed by atoms with Gasteiger partial charge in [0.15, 0.2) is 0 Å². The van der Waals surface area contributed by atoms with Crippen molar-refractivity contribution in [2.24, 2.45) is 0 Å². The monoisotopic (exact) mass is 460 g/mol. The van der Waals surface area contributed by atoms with E-state index in [2.05, 4.69) is 36.7 Å². The van der Waals surface area contributed by atoms with Crippen molar-refractivity contribution in [3.63, 3.8) is 0 Å². The minimum absolute atomic E-state index is 0.0855. The number of aromatic nitrogens is 4. The van der Waals surface area contributed by atoms with Crippen molar-refractivity contribution in [2.45, 2.75) is 38.7 Å². The molecule has 4 heterocycles. The zero-order chi connectivity index (χ0) is 23.5. The van der Waals surface area contributed by atoms with Crippen molar-refractivity contribution in [1.29, 1.82) is 0 Å². The second kappa shape index (κ2) is 9.62. The summed E-state index contributed by atoms with van der Waals surface area (Å²) in [6, 6.07) is 7.52. The van der Waals surface area contributed by atoms with E-state index >= 15 is 0 Å². The lowest BCUT2D eigenvalue weighted by Gasteiger charge is -2.32. The summed E-state index contributed by atoms with van der Waals surface area (Å²) in [4.78, 5) is 34.0. The fourth-order valence-electron chi connectivity index (χ4n) is 4.46. The van der Waals surface area contributed by atoms with Gasteiger partial charge in [-0.3, -0.25) is 0 Å². The number of hydrogen-bond acceptors (Lipinski definition) is 9. The molecule has 0 radical (unpaired) electrons. The van der Waals surface area contributed by atoms with E-state index in [0.29, 0.717) is 11.4 Å². The fourth-order valence-corrected chi connectivity index (χ4v) is 4.46. The topological polar surface area (TPSA) is 93.6 Å². The maximum atomic E-state index is 11.8. The molecule has 9 heteroatoms. The lowest BCUT2D eigenvalue weighted by atomic mass is 10.1. The number of benzene rings is 1. The lowest BCUT2D eigenvalue weighted by molar-refractivity contribution is 0.0600. The van der Waals surface area contributed by atoms with Crippen molar-refractivity contribution in [1.82, 2.24) is 19.9 Å². The number of ether oxygens (including phenoxy) is 2. The average molecular weight is 461 g/mol. The number of esters is 1. The van der Waals surface area contributed by atoms with Crippen LogP contribution in [0.4, 0.5) is 17.5 Å². The van der Waals surface area contributed by atoms with Gasteiger partial charge in [0.1, 0.15) is 18.2 Å². The SMILES string of the molecule is CCc1cnc(N2CCC(Oc3cc(N4CCc5cc(C(=O)OC)ccc54)ncn3)CC2)nc1. The maximum absolute atomic E-state index is 11.8. The van der Waals surface area contributed by atoms with Crippen LogP contribution in [0.3, 0.4) is 0 Å². The smallest absolute Gasteiger partial charge is 0.337 e. The Kier molecular flexibility index (Phi) is 6.24. The van der Waals surface area contributed by atoms with E-state index in [9.17, 15) is 4.79 Å². The van der Waals surface area contributed by atoms with Crippen molar-refractivity contribution in [2.75, 3.05) is 36.5 Å². The van der Waals surface area contributed by atoms with Crippen LogP contribution in [-0.4, -0.2) is 58.8 Å². The molecule has 1 fully saturated rings. The highest BCUT2D eigenvalue weighted by Crippen LogP contribution is 2.35. The summed E-state index contributed by atoms with van der Waals surface area (Å²) < 4.78 is 11.1. The first-order valence-corrected chi connectivity index (χ1v) is 11.7. The van der Waals surface area contributed by atoms with Crippen LogP contribution in [0.15, 0.2) is 43.0 Å². The Morgan fingerprint density at radius 1 is 1.06 bits per heavy atom. The summed E-state index contributed by atoms with van der Waals surface area (Å²) in [5.74, 6) is 1.82. The zero-order valence-electron chi connectivity index (χ0n) is 19.5. The number of nitrogens with zero attached hydrogens (tertiary/aromatic N) is 6. The Balaban J connectivity index is 1.22. The quantitative estimate of drug-likeness (QED) is 0.513. The minimum atomic E-state index is -0.324. The molecule has 1 aromatic carbocycles. The van der Waals surface area contributed by atoms with Gasteiger partial charge in [-0.1, -0.05) is 6.92 Å². The van der Waals surface area contributed by atoms with Gasteiger partial charge >= 0.3 is 5.97 Å². The van der Waals surface area contributed by atoms with Crippen LogP contribution in [0.2, 0.25) is 0 Å². The fraction of sp³-hybridized carbons (Fsp3) is 0.400. The Hall–Kier alpha value is -3.75. The van der Waals surface area contributed by atoms with Gasteiger partial charge in [0.25, 0.3) is 0 Å². The Morgan fingerprint density at radius 2 is 1.85 bits per heavy atom. The molecule has 2 aliphatic rings. The van der Waals surface area contributed by atoms with E-state index < -0.39 is 0 Å². The van der Waals surface area contributed by atoms with Gasteiger partial charge in [-0.05, 0) is 42.2 Å². The summed E-state index contributed by atoms with van der Waals surface area (Å²) in [6.07, 6.45) is 8.96. The van der Waals surface area contributed by atoms with E-state index in [0.717, 1.165) is 73.9 Å².